The van der Waals surface area contributed by atoms with Crippen LogP contribution in [-0.4, -0.2) is 33.1 Å². The molecule has 3 heterocycles. The summed E-state index contributed by atoms with van der Waals surface area (Å²) in [5.74, 6) is -1.04. The molecule has 1 unspecified atom stereocenters. The second kappa shape index (κ2) is 8.49. The third-order valence-corrected chi connectivity index (χ3v) is 6.68. The number of aryl methyl sites for hydroxylation is 1. The molecule has 2 aromatic heterocycles. The van der Waals surface area contributed by atoms with E-state index >= 15 is 0 Å². The van der Waals surface area contributed by atoms with Gasteiger partial charge in [0.15, 0.2) is 0 Å². The Morgan fingerprint density at radius 1 is 1.37 bits per heavy atom. The maximum Gasteiger partial charge on any atom is 0.311 e. The molecule has 4 rings (SSSR count). The maximum atomic E-state index is 14.1. The summed E-state index contributed by atoms with van der Waals surface area (Å²) in [6, 6.07) is 4.76. The number of anilines is 1. The molecule has 1 aliphatic rings. The van der Waals surface area contributed by atoms with Gasteiger partial charge in [0.1, 0.15) is 6.04 Å². The second-order valence-electron chi connectivity index (χ2n) is 6.93. The summed E-state index contributed by atoms with van der Waals surface area (Å²) in [6.45, 7) is 2.66. The zero-order valence-electron chi connectivity index (χ0n) is 16.0. The molecule has 11 heteroatoms. The number of fused-ring (bicyclic) bond motifs is 1. The van der Waals surface area contributed by atoms with Crippen molar-refractivity contribution in [1.29, 1.82) is 0 Å². The molecule has 3 aromatic rings. The molecule has 0 bridgehead atoms. The van der Waals surface area contributed by atoms with Crippen molar-refractivity contribution in [2.24, 2.45) is 0 Å². The van der Waals surface area contributed by atoms with Crippen LogP contribution in [0.1, 0.15) is 31.0 Å². The van der Waals surface area contributed by atoms with Crippen LogP contribution in [0.2, 0.25) is 10.0 Å². The van der Waals surface area contributed by atoms with E-state index in [2.05, 4.69) is 15.4 Å². The number of carbonyl (C=O) groups is 1. The first-order valence-electron chi connectivity index (χ1n) is 9.45. The first-order valence-corrected chi connectivity index (χ1v) is 11.0. The predicted octanol–water partition coefficient (Wildman–Crippen LogP) is 3.44. The molecule has 0 saturated carbocycles. The van der Waals surface area contributed by atoms with Crippen molar-refractivity contribution in [1.82, 2.24) is 19.9 Å². The molecule has 1 aromatic carbocycles. The number of aromatic nitrogens is 3. The smallest absolute Gasteiger partial charge is 0.311 e. The Kier molecular flexibility index (Phi) is 5.95. The zero-order valence-corrected chi connectivity index (χ0v) is 18.3. The molecule has 1 saturated heterocycles. The van der Waals surface area contributed by atoms with Crippen molar-refractivity contribution in [3.05, 3.63) is 55.7 Å². The van der Waals surface area contributed by atoms with Gasteiger partial charge in [-0.05, 0) is 37.0 Å². The highest BCUT2D eigenvalue weighted by Gasteiger charge is 2.33. The topological polar surface area (TPSA) is 79.6 Å². The third kappa shape index (κ3) is 3.89. The van der Waals surface area contributed by atoms with Crippen LogP contribution >= 0.6 is 34.5 Å². The minimum atomic E-state index is -0.885. The van der Waals surface area contributed by atoms with Gasteiger partial charge in [-0.15, -0.1) is 5.10 Å². The summed E-state index contributed by atoms with van der Waals surface area (Å²) in [5, 5.41) is 8.50. The van der Waals surface area contributed by atoms with Crippen LogP contribution in [0.15, 0.2) is 23.0 Å². The number of halogens is 3. The van der Waals surface area contributed by atoms with Crippen molar-refractivity contribution in [3.63, 3.8) is 0 Å². The van der Waals surface area contributed by atoms with Crippen LogP contribution in [0.5, 0.6) is 0 Å². The summed E-state index contributed by atoms with van der Waals surface area (Å²) in [4.78, 5) is 31.4. The number of rotatable bonds is 5. The minimum Gasteiger partial charge on any atom is -0.350 e. The van der Waals surface area contributed by atoms with Crippen molar-refractivity contribution >= 4 is 50.5 Å². The molecule has 1 amide bonds. The van der Waals surface area contributed by atoms with Crippen molar-refractivity contribution in [2.75, 3.05) is 11.4 Å². The van der Waals surface area contributed by atoms with E-state index in [-0.39, 0.29) is 11.6 Å². The van der Waals surface area contributed by atoms with Crippen LogP contribution in [-0.2, 0) is 17.8 Å². The second-order valence-corrected chi connectivity index (χ2v) is 8.68. The number of nitrogens with zero attached hydrogens (tertiary/aromatic N) is 4. The molecule has 7 nitrogen and oxygen atoms in total. The lowest BCUT2D eigenvalue weighted by molar-refractivity contribution is -0.122. The van der Waals surface area contributed by atoms with Crippen LogP contribution < -0.4 is 15.8 Å². The molecule has 1 fully saturated rings. The average molecular weight is 470 g/mol. The molecule has 30 heavy (non-hydrogen) atoms. The van der Waals surface area contributed by atoms with E-state index in [4.69, 9.17) is 23.2 Å². The van der Waals surface area contributed by atoms with Crippen LogP contribution in [0.4, 0.5) is 9.52 Å². The van der Waals surface area contributed by atoms with Crippen LogP contribution in [0, 0.1) is 5.82 Å². The van der Waals surface area contributed by atoms with Crippen molar-refractivity contribution < 1.29 is 9.18 Å². The highest BCUT2D eigenvalue weighted by atomic mass is 35.5. The van der Waals surface area contributed by atoms with E-state index in [1.54, 1.807) is 25.1 Å². The molecule has 1 aliphatic heterocycles. The first-order chi connectivity index (χ1) is 14.4. The van der Waals surface area contributed by atoms with Gasteiger partial charge in [-0.2, -0.15) is 8.91 Å². The third-order valence-electron chi connectivity index (χ3n) is 5.00. The SMILES string of the molecule is CCc1nc2sc(N3CCCC3C(=O)NCc3ccc(Cl)c(Cl)c3)nn2c(=O)c1F. The summed E-state index contributed by atoms with van der Waals surface area (Å²) in [6.07, 6.45) is 1.77. The quantitative estimate of drug-likeness (QED) is 0.618. The Bertz CT molecular complexity index is 1180. The van der Waals surface area contributed by atoms with Gasteiger partial charge in [0.25, 0.3) is 0 Å². The lowest BCUT2D eigenvalue weighted by Gasteiger charge is -2.22. The number of nitrogens with one attached hydrogen (secondary N) is 1. The number of carbonyl (C=O) groups excluding carboxylic acids is 1. The van der Waals surface area contributed by atoms with Gasteiger partial charge >= 0.3 is 5.56 Å². The number of hydrogen-bond donors (Lipinski definition) is 1. The Balaban J connectivity index is 1.54. The van der Waals surface area contributed by atoms with Crippen molar-refractivity contribution in [2.45, 2.75) is 38.8 Å². The fraction of sp³-hybridized carbons (Fsp3) is 0.368. The van der Waals surface area contributed by atoms with Crippen molar-refractivity contribution in [3.8, 4) is 0 Å². The largest absolute Gasteiger partial charge is 0.350 e. The fourth-order valence-electron chi connectivity index (χ4n) is 3.43. The van der Waals surface area contributed by atoms with Gasteiger partial charge < -0.3 is 10.2 Å². The minimum absolute atomic E-state index is 0.118. The zero-order chi connectivity index (χ0) is 21.4. The summed E-state index contributed by atoms with van der Waals surface area (Å²) in [7, 11) is 0. The molecular formula is C19H18Cl2FN5O2S. The fourth-order valence-corrected chi connectivity index (χ4v) is 4.74. The first kappa shape index (κ1) is 21.0. The van der Waals surface area contributed by atoms with Gasteiger partial charge in [-0.3, -0.25) is 9.59 Å². The standard InChI is InChI=1S/C19H18Cl2FN5O2S/c1-2-13-15(22)17(29)27-18(24-13)30-19(25-27)26-7-3-4-14(26)16(28)23-9-10-5-6-11(20)12(21)8-10/h5-6,8,14H,2-4,7,9H2,1H3,(H,23,28). The Hall–Kier alpha value is -2.23. The normalized spacial score (nSPS) is 16.4. The van der Waals surface area contributed by atoms with E-state index in [9.17, 15) is 14.0 Å². The molecule has 0 radical (unpaired) electrons. The monoisotopic (exact) mass is 469 g/mol. The van der Waals surface area contributed by atoms with E-state index in [0.29, 0.717) is 46.1 Å². The van der Waals surface area contributed by atoms with Gasteiger partial charge in [0.05, 0.1) is 15.7 Å². The van der Waals surface area contributed by atoms with Gasteiger partial charge in [0, 0.05) is 13.1 Å². The maximum absolute atomic E-state index is 14.1. The van der Waals surface area contributed by atoms with Crippen LogP contribution in [0.3, 0.4) is 0 Å². The number of benzene rings is 1. The summed E-state index contributed by atoms with van der Waals surface area (Å²) < 4.78 is 15.1. The van der Waals surface area contributed by atoms with Gasteiger partial charge in [-0.25, -0.2) is 4.98 Å². The van der Waals surface area contributed by atoms with Crippen LogP contribution in [0.25, 0.3) is 4.96 Å². The molecule has 1 atom stereocenters. The number of amides is 1. The van der Waals surface area contributed by atoms with Gasteiger partial charge in [-0.1, -0.05) is 47.5 Å². The highest BCUT2D eigenvalue weighted by molar-refractivity contribution is 7.20. The van der Waals surface area contributed by atoms with Gasteiger partial charge in [0.2, 0.25) is 21.8 Å². The van der Waals surface area contributed by atoms with E-state index in [1.165, 1.54) is 11.3 Å². The van der Waals surface area contributed by atoms with E-state index in [1.807, 2.05) is 4.90 Å². The predicted molar refractivity (Wildman–Crippen MR) is 115 cm³/mol. The highest BCUT2D eigenvalue weighted by Crippen LogP contribution is 2.29. The Morgan fingerprint density at radius 2 is 2.17 bits per heavy atom. The molecule has 0 spiro atoms. The Labute approximate surface area is 185 Å². The molecular weight excluding hydrogens is 452 g/mol. The lowest BCUT2D eigenvalue weighted by Crippen LogP contribution is -2.43. The summed E-state index contributed by atoms with van der Waals surface area (Å²) >= 11 is 13.1. The Morgan fingerprint density at radius 3 is 2.90 bits per heavy atom. The number of hydrogen-bond acceptors (Lipinski definition) is 6. The average Bonchev–Trinajstić information content (AvgIpc) is 3.38. The molecule has 0 aliphatic carbocycles. The van der Waals surface area contributed by atoms with E-state index in [0.717, 1.165) is 16.5 Å². The van der Waals surface area contributed by atoms with E-state index < -0.39 is 17.4 Å². The molecule has 1 N–H and O–H groups in total. The summed E-state index contributed by atoms with van der Waals surface area (Å²) in [5.41, 5.74) is 0.132. The molecule has 158 valence electrons. The lowest BCUT2D eigenvalue weighted by atomic mass is 10.2.